The van der Waals surface area contributed by atoms with Crippen LogP contribution in [-0.4, -0.2) is 17.1 Å². The van der Waals surface area contributed by atoms with Crippen molar-refractivity contribution in [2.45, 2.75) is 25.9 Å². The van der Waals surface area contributed by atoms with Crippen LogP contribution in [0.15, 0.2) is 23.3 Å². The number of ether oxygens (including phenoxy) is 1. The van der Waals surface area contributed by atoms with Crippen molar-refractivity contribution >= 4 is 17.2 Å². The lowest BCUT2D eigenvalue weighted by Gasteiger charge is -2.31. The average Bonchev–Trinajstić information content (AvgIpc) is 2.39. The summed E-state index contributed by atoms with van der Waals surface area (Å²) < 4.78 is 5.72. The van der Waals surface area contributed by atoms with Crippen molar-refractivity contribution in [1.29, 1.82) is 10.5 Å². The number of hydrogen-bond donors (Lipinski definition) is 1. The summed E-state index contributed by atoms with van der Waals surface area (Å²) in [6.45, 7) is 3.72. The maximum Gasteiger partial charge on any atom is 0.237 e. The van der Waals surface area contributed by atoms with E-state index >= 15 is 0 Å². The Morgan fingerprint density at radius 2 is 2.10 bits per heavy atom. The van der Waals surface area contributed by atoms with Gasteiger partial charge in [-0.25, -0.2) is 0 Å². The zero-order valence-electron chi connectivity index (χ0n) is 11.1. The van der Waals surface area contributed by atoms with Crippen molar-refractivity contribution in [2.24, 2.45) is 5.10 Å². The number of Topliss-reactive ketones (excluding diaryl/α,β-unsaturated/α-hetero) is 1. The quantitative estimate of drug-likeness (QED) is 0.655. The number of hydrazone groups is 1. The Morgan fingerprint density at radius 3 is 2.75 bits per heavy atom. The monoisotopic (exact) mass is 268 g/mol. The van der Waals surface area contributed by atoms with Crippen molar-refractivity contribution in [3.63, 3.8) is 0 Å². The van der Waals surface area contributed by atoms with Crippen LogP contribution in [0, 0.1) is 22.7 Å². The number of carbonyl (C=O) groups excluding carboxylic acids is 1. The Morgan fingerprint density at radius 1 is 1.40 bits per heavy atom. The van der Waals surface area contributed by atoms with Crippen LogP contribution in [0.2, 0.25) is 0 Å². The highest BCUT2D eigenvalue weighted by Gasteiger charge is 2.32. The van der Waals surface area contributed by atoms with Gasteiger partial charge in [-0.2, -0.15) is 15.6 Å². The molecule has 0 bridgehead atoms. The molecule has 1 aliphatic rings. The minimum atomic E-state index is -0.508. The van der Waals surface area contributed by atoms with Gasteiger partial charge in [0.2, 0.25) is 5.71 Å². The van der Waals surface area contributed by atoms with E-state index in [-0.39, 0.29) is 11.5 Å². The maximum absolute atomic E-state index is 12.1. The standard InChI is InChI=1S/C14H12N4O2/c1-14(2)6-12(19)11-5-9(3-4-13(11)20-14)17-18-10(7-15)8-16/h3-5,17H,6H2,1-2H3. The van der Waals surface area contributed by atoms with Crippen molar-refractivity contribution in [3.8, 4) is 17.9 Å². The van der Waals surface area contributed by atoms with Crippen LogP contribution in [0.4, 0.5) is 5.69 Å². The van der Waals surface area contributed by atoms with Crippen molar-refractivity contribution in [3.05, 3.63) is 23.8 Å². The molecule has 0 aliphatic carbocycles. The molecule has 1 heterocycles. The fourth-order valence-electron chi connectivity index (χ4n) is 1.92. The number of nitrogens with zero attached hydrogens (tertiary/aromatic N) is 3. The molecule has 0 amide bonds. The minimum Gasteiger partial charge on any atom is -0.487 e. The molecule has 1 aromatic rings. The molecule has 0 spiro atoms. The second-order valence-electron chi connectivity index (χ2n) is 4.97. The molecule has 6 heteroatoms. The summed E-state index contributed by atoms with van der Waals surface area (Å²) in [5, 5.41) is 20.8. The lowest BCUT2D eigenvalue weighted by atomic mass is 9.93. The van der Waals surface area contributed by atoms with Gasteiger partial charge in [0.25, 0.3) is 0 Å². The molecular formula is C14H12N4O2. The van der Waals surface area contributed by atoms with Gasteiger partial charge in [0.15, 0.2) is 5.78 Å². The number of nitriles is 2. The highest BCUT2D eigenvalue weighted by molar-refractivity contribution is 6.10. The van der Waals surface area contributed by atoms with E-state index in [4.69, 9.17) is 15.3 Å². The largest absolute Gasteiger partial charge is 0.487 e. The molecule has 1 aromatic carbocycles. The molecule has 0 saturated heterocycles. The van der Waals surface area contributed by atoms with E-state index in [0.717, 1.165) is 0 Å². The lowest BCUT2D eigenvalue weighted by molar-refractivity contribution is 0.0620. The molecule has 6 nitrogen and oxygen atoms in total. The Labute approximate surface area is 116 Å². The summed E-state index contributed by atoms with van der Waals surface area (Å²) in [5.74, 6) is 0.520. The maximum atomic E-state index is 12.1. The Bertz CT molecular complexity index is 661. The summed E-state index contributed by atoms with van der Waals surface area (Å²) in [4.78, 5) is 12.1. The molecule has 0 saturated carbocycles. The normalized spacial score (nSPS) is 15.1. The van der Waals surface area contributed by atoms with Gasteiger partial charge in [-0.3, -0.25) is 10.2 Å². The van der Waals surface area contributed by atoms with Gasteiger partial charge in [0, 0.05) is 0 Å². The first-order valence-electron chi connectivity index (χ1n) is 5.95. The summed E-state index contributed by atoms with van der Waals surface area (Å²) in [7, 11) is 0. The highest BCUT2D eigenvalue weighted by atomic mass is 16.5. The second-order valence-corrected chi connectivity index (χ2v) is 4.97. The average molecular weight is 268 g/mol. The molecule has 1 N–H and O–H groups in total. The number of carbonyl (C=O) groups is 1. The topological polar surface area (TPSA) is 98.3 Å². The molecule has 100 valence electrons. The molecule has 0 aromatic heterocycles. The Hall–Kier alpha value is -2.86. The van der Waals surface area contributed by atoms with Crippen LogP contribution in [-0.2, 0) is 0 Å². The molecule has 0 radical (unpaired) electrons. The van der Waals surface area contributed by atoms with Gasteiger partial charge >= 0.3 is 0 Å². The summed E-state index contributed by atoms with van der Waals surface area (Å²) in [5.41, 5.74) is 2.77. The van der Waals surface area contributed by atoms with Gasteiger partial charge < -0.3 is 4.74 Å². The van der Waals surface area contributed by atoms with Crippen LogP contribution >= 0.6 is 0 Å². The van der Waals surface area contributed by atoms with Crippen LogP contribution in [0.25, 0.3) is 0 Å². The van der Waals surface area contributed by atoms with Crippen LogP contribution in [0.3, 0.4) is 0 Å². The van der Waals surface area contributed by atoms with Gasteiger partial charge in [-0.15, -0.1) is 0 Å². The number of hydrogen-bond acceptors (Lipinski definition) is 6. The Balaban J connectivity index is 2.28. The Kier molecular flexibility index (Phi) is 3.41. The van der Waals surface area contributed by atoms with Crippen LogP contribution < -0.4 is 10.2 Å². The lowest BCUT2D eigenvalue weighted by Crippen LogP contribution is -2.35. The van der Waals surface area contributed by atoms with E-state index in [0.29, 0.717) is 23.4 Å². The van der Waals surface area contributed by atoms with E-state index < -0.39 is 5.60 Å². The number of fused-ring (bicyclic) bond motifs is 1. The van der Waals surface area contributed by atoms with Gasteiger partial charge in [0.05, 0.1) is 17.7 Å². The predicted octanol–water partition coefficient (Wildman–Crippen LogP) is 2.25. The van der Waals surface area contributed by atoms with E-state index in [1.54, 1.807) is 30.3 Å². The first-order chi connectivity index (χ1) is 9.45. The predicted molar refractivity (Wildman–Crippen MR) is 72.4 cm³/mol. The van der Waals surface area contributed by atoms with Crippen molar-refractivity contribution in [2.75, 3.05) is 5.43 Å². The van der Waals surface area contributed by atoms with Crippen molar-refractivity contribution < 1.29 is 9.53 Å². The molecule has 0 unspecified atom stereocenters. The summed E-state index contributed by atoms with van der Waals surface area (Å²) >= 11 is 0. The molecule has 2 rings (SSSR count). The molecule has 20 heavy (non-hydrogen) atoms. The number of anilines is 1. The van der Waals surface area contributed by atoms with Crippen molar-refractivity contribution in [1.82, 2.24) is 0 Å². The molecule has 0 fully saturated rings. The molecule has 1 aliphatic heterocycles. The first-order valence-corrected chi connectivity index (χ1v) is 5.95. The van der Waals surface area contributed by atoms with Gasteiger partial charge in [0.1, 0.15) is 23.5 Å². The third kappa shape index (κ3) is 2.76. The van der Waals surface area contributed by atoms with E-state index in [1.807, 2.05) is 13.8 Å². The number of nitrogens with one attached hydrogen (secondary N) is 1. The fraction of sp³-hybridized carbons (Fsp3) is 0.286. The zero-order valence-corrected chi connectivity index (χ0v) is 11.1. The molecular weight excluding hydrogens is 256 g/mol. The number of rotatable bonds is 2. The second kappa shape index (κ2) is 5.02. The third-order valence-corrected chi connectivity index (χ3v) is 2.76. The zero-order chi connectivity index (χ0) is 14.8. The smallest absolute Gasteiger partial charge is 0.237 e. The number of benzene rings is 1. The van der Waals surface area contributed by atoms with E-state index in [1.165, 1.54) is 0 Å². The van der Waals surface area contributed by atoms with E-state index in [2.05, 4.69) is 10.5 Å². The van der Waals surface area contributed by atoms with Crippen LogP contribution in [0.1, 0.15) is 30.6 Å². The fourth-order valence-corrected chi connectivity index (χ4v) is 1.92. The molecule has 0 atom stereocenters. The van der Waals surface area contributed by atoms with Crippen LogP contribution in [0.5, 0.6) is 5.75 Å². The highest BCUT2D eigenvalue weighted by Crippen LogP contribution is 2.34. The summed E-state index contributed by atoms with van der Waals surface area (Å²) in [6.07, 6.45) is 0.300. The van der Waals surface area contributed by atoms with Gasteiger partial charge in [-0.05, 0) is 32.0 Å². The first kappa shape index (κ1) is 13.6. The SMILES string of the molecule is CC1(C)CC(=O)c2cc(NN=C(C#N)C#N)ccc2O1. The third-order valence-electron chi connectivity index (χ3n) is 2.76. The van der Waals surface area contributed by atoms with Gasteiger partial charge in [-0.1, -0.05) is 0 Å². The summed E-state index contributed by atoms with van der Waals surface area (Å²) in [6, 6.07) is 8.22. The number of ketones is 1. The van der Waals surface area contributed by atoms with E-state index in [9.17, 15) is 4.79 Å². The minimum absolute atomic E-state index is 0.00957.